The Labute approximate surface area is 109 Å². The monoisotopic (exact) mass is 239 g/mol. The maximum absolute atomic E-state index is 5.58. The topological polar surface area (TPSA) is 9.23 Å². The Bertz CT molecular complexity index is 457. The molecule has 0 unspecified atom stereocenters. The maximum Gasteiger partial charge on any atom is 0.0720 e. The highest BCUT2D eigenvalue weighted by Gasteiger charge is 1.98. The first kappa shape index (κ1) is 12.8. The van der Waals surface area contributed by atoms with Crippen LogP contribution < -0.4 is 0 Å². The lowest BCUT2D eigenvalue weighted by Gasteiger charge is -2.08. The Hall–Kier alpha value is -1.60. The summed E-state index contributed by atoms with van der Waals surface area (Å²) in [6.45, 7) is 4.80. The molecule has 1 nitrogen and oxygen atoms in total. The van der Waals surface area contributed by atoms with E-state index in [0.29, 0.717) is 6.61 Å². The lowest BCUT2D eigenvalue weighted by Crippen LogP contribution is -2.02. The molecule has 1 radical (unpaired) electrons. The van der Waals surface area contributed by atoms with E-state index in [0.717, 1.165) is 6.42 Å². The summed E-state index contributed by atoms with van der Waals surface area (Å²) in [6.07, 6.45) is 1.24. The zero-order valence-electron chi connectivity index (χ0n) is 11.0. The number of rotatable bonds is 5. The van der Waals surface area contributed by atoms with Crippen molar-refractivity contribution in [3.05, 3.63) is 71.3 Å². The zero-order chi connectivity index (χ0) is 12.8. The standard InChI is InChI=1S/C17H19O/c1-14(2)18-13-17-10-8-16(9-11-17)12-15-6-4-3-5-7-15/h3-4,6-11,14H,12-13H2,1-2H3. The van der Waals surface area contributed by atoms with Crippen molar-refractivity contribution in [3.63, 3.8) is 0 Å². The summed E-state index contributed by atoms with van der Waals surface area (Å²) in [5.74, 6) is 0. The average molecular weight is 239 g/mol. The number of hydrogen-bond acceptors (Lipinski definition) is 1. The van der Waals surface area contributed by atoms with Crippen molar-refractivity contribution in [2.45, 2.75) is 33.0 Å². The van der Waals surface area contributed by atoms with Crippen molar-refractivity contribution in [1.29, 1.82) is 0 Å². The van der Waals surface area contributed by atoms with Gasteiger partial charge in [-0.25, -0.2) is 0 Å². The van der Waals surface area contributed by atoms with Crippen LogP contribution in [0.2, 0.25) is 0 Å². The normalized spacial score (nSPS) is 10.8. The lowest BCUT2D eigenvalue weighted by molar-refractivity contribution is 0.0657. The molecule has 0 aliphatic rings. The quantitative estimate of drug-likeness (QED) is 0.766. The first-order valence-electron chi connectivity index (χ1n) is 6.38. The van der Waals surface area contributed by atoms with Gasteiger partial charge >= 0.3 is 0 Å². The number of ether oxygens (including phenoxy) is 1. The highest BCUT2D eigenvalue weighted by molar-refractivity contribution is 5.28. The summed E-state index contributed by atoms with van der Waals surface area (Å²) < 4.78 is 5.58. The van der Waals surface area contributed by atoms with Gasteiger partial charge in [0.05, 0.1) is 12.7 Å². The van der Waals surface area contributed by atoms with Gasteiger partial charge in [-0.15, -0.1) is 0 Å². The minimum Gasteiger partial charge on any atom is -0.374 e. The summed E-state index contributed by atoms with van der Waals surface area (Å²) in [4.78, 5) is 0. The molecule has 1 heteroatoms. The summed E-state index contributed by atoms with van der Waals surface area (Å²) in [5.41, 5.74) is 3.85. The summed E-state index contributed by atoms with van der Waals surface area (Å²) >= 11 is 0. The van der Waals surface area contributed by atoms with E-state index < -0.39 is 0 Å². The van der Waals surface area contributed by atoms with Gasteiger partial charge in [-0.3, -0.25) is 0 Å². The van der Waals surface area contributed by atoms with E-state index in [4.69, 9.17) is 4.74 Å². The average Bonchev–Trinajstić information content (AvgIpc) is 2.39. The molecule has 0 aromatic heterocycles. The summed E-state index contributed by atoms with van der Waals surface area (Å²) in [6, 6.07) is 19.9. The Kier molecular flexibility index (Phi) is 4.54. The largest absolute Gasteiger partial charge is 0.374 e. The van der Waals surface area contributed by atoms with E-state index in [1.165, 1.54) is 16.7 Å². The minimum atomic E-state index is 0.282. The molecular weight excluding hydrogens is 220 g/mol. The number of hydrogen-bond donors (Lipinski definition) is 0. The van der Waals surface area contributed by atoms with Crippen LogP contribution in [0.4, 0.5) is 0 Å². The van der Waals surface area contributed by atoms with Gasteiger partial charge in [0.2, 0.25) is 0 Å². The second kappa shape index (κ2) is 6.36. The van der Waals surface area contributed by atoms with E-state index >= 15 is 0 Å². The second-order valence-electron chi connectivity index (χ2n) is 4.76. The van der Waals surface area contributed by atoms with Crippen LogP contribution in [0.1, 0.15) is 30.5 Å². The van der Waals surface area contributed by atoms with Gasteiger partial charge in [0, 0.05) is 0 Å². The lowest BCUT2D eigenvalue weighted by atomic mass is 10.0. The summed E-state index contributed by atoms with van der Waals surface area (Å²) in [7, 11) is 0. The van der Waals surface area contributed by atoms with Gasteiger partial charge in [0.1, 0.15) is 0 Å². The third kappa shape index (κ3) is 4.01. The van der Waals surface area contributed by atoms with Crippen LogP contribution in [-0.4, -0.2) is 6.10 Å². The molecule has 2 aromatic rings. The molecule has 0 bridgehead atoms. The van der Waals surface area contributed by atoms with E-state index in [9.17, 15) is 0 Å². The minimum absolute atomic E-state index is 0.282. The third-order valence-corrected chi connectivity index (χ3v) is 2.79. The Morgan fingerprint density at radius 3 is 2.33 bits per heavy atom. The molecule has 2 rings (SSSR count). The molecule has 0 saturated carbocycles. The van der Waals surface area contributed by atoms with E-state index in [2.05, 4.69) is 50.2 Å². The van der Waals surface area contributed by atoms with E-state index in [-0.39, 0.29) is 6.10 Å². The predicted octanol–water partition coefficient (Wildman–Crippen LogP) is 4.00. The molecule has 0 amide bonds. The third-order valence-electron chi connectivity index (χ3n) is 2.79. The van der Waals surface area contributed by atoms with Crippen molar-refractivity contribution in [1.82, 2.24) is 0 Å². The van der Waals surface area contributed by atoms with Crippen molar-refractivity contribution in [3.8, 4) is 0 Å². The van der Waals surface area contributed by atoms with E-state index in [1.54, 1.807) is 0 Å². The molecule has 93 valence electrons. The molecular formula is C17H19O. The van der Waals surface area contributed by atoms with Gasteiger partial charge < -0.3 is 4.74 Å². The van der Waals surface area contributed by atoms with Crippen molar-refractivity contribution < 1.29 is 4.74 Å². The van der Waals surface area contributed by atoms with Crippen LogP contribution in [0.15, 0.2) is 48.5 Å². The Morgan fingerprint density at radius 2 is 1.72 bits per heavy atom. The van der Waals surface area contributed by atoms with Gasteiger partial charge in [-0.1, -0.05) is 48.5 Å². The van der Waals surface area contributed by atoms with Crippen molar-refractivity contribution in [2.75, 3.05) is 0 Å². The van der Waals surface area contributed by atoms with Crippen LogP contribution in [0.3, 0.4) is 0 Å². The van der Waals surface area contributed by atoms with Crippen molar-refractivity contribution >= 4 is 0 Å². The molecule has 0 aliphatic heterocycles. The highest BCUT2D eigenvalue weighted by atomic mass is 16.5. The maximum atomic E-state index is 5.58. The van der Waals surface area contributed by atoms with Crippen LogP contribution in [-0.2, 0) is 17.8 Å². The van der Waals surface area contributed by atoms with Crippen LogP contribution in [0, 0.1) is 6.07 Å². The fourth-order valence-corrected chi connectivity index (χ4v) is 1.79. The Morgan fingerprint density at radius 1 is 1.00 bits per heavy atom. The van der Waals surface area contributed by atoms with E-state index in [1.807, 2.05) is 18.2 Å². The summed E-state index contributed by atoms with van der Waals surface area (Å²) in [5, 5.41) is 0. The fraction of sp³-hybridized carbons (Fsp3) is 0.294. The van der Waals surface area contributed by atoms with Gasteiger partial charge in [0.25, 0.3) is 0 Å². The first-order valence-corrected chi connectivity index (χ1v) is 6.38. The smallest absolute Gasteiger partial charge is 0.0720 e. The molecule has 0 spiro atoms. The predicted molar refractivity (Wildman–Crippen MR) is 74.5 cm³/mol. The molecule has 0 aliphatic carbocycles. The molecule has 0 N–H and O–H groups in total. The molecule has 2 aromatic carbocycles. The van der Waals surface area contributed by atoms with Gasteiger partial charge in [-0.2, -0.15) is 0 Å². The molecule has 0 atom stereocenters. The zero-order valence-corrected chi connectivity index (χ0v) is 11.0. The van der Waals surface area contributed by atoms with Gasteiger partial charge in [-0.05, 0) is 43.0 Å². The molecule has 0 fully saturated rings. The molecule has 18 heavy (non-hydrogen) atoms. The Balaban J connectivity index is 1.95. The first-order chi connectivity index (χ1) is 8.74. The van der Waals surface area contributed by atoms with Crippen molar-refractivity contribution in [2.24, 2.45) is 0 Å². The van der Waals surface area contributed by atoms with Crippen LogP contribution in [0.25, 0.3) is 0 Å². The second-order valence-corrected chi connectivity index (χ2v) is 4.76. The van der Waals surface area contributed by atoms with Gasteiger partial charge in [0.15, 0.2) is 0 Å². The molecule has 0 heterocycles. The van der Waals surface area contributed by atoms with Crippen LogP contribution in [0.5, 0.6) is 0 Å². The highest BCUT2D eigenvalue weighted by Crippen LogP contribution is 2.11. The molecule has 0 saturated heterocycles. The SMILES string of the molecule is CC(C)OCc1ccc(Cc2c[c]ccc2)cc1. The van der Waals surface area contributed by atoms with Crippen LogP contribution >= 0.6 is 0 Å². The number of benzene rings is 2. The fourth-order valence-electron chi connectivity index (χ4n) is 1.79.